The van der Waals surface area contributed by atoms with E-state index < -0.39 is 35.4 Å². The number of aromatic nitrogens is 3. The third kappa shape index (κ3) is 4.89. The first-order valence-electron chi connectivity index (χ1n) is 9.27. The van der Waals surface area contributed by atoms with Gasteiger partial charge in [0.1, 0.15) is 17.1 Å². The molecule has 1 aromatic heterocycles. The van der Waals surface area contributed by atoms with E-state index in [2.05, 4.69) is 10.3 Å². The number of hydrogen-bond acceptors (Lipinski definition) is 5. The van der Waals surface area contributed by atoms with Crippen LogP contribution in [0.5, 0.6) is 0 Å². The summed E-state index contributed by atoms with van der Waals surface area (Å²) < 4.78 is 59.2. The van der Waals surface area contributed by atoms with Crippen molar-refractivity contribution in [1.29, 1.82) is 0 Å². The zero-order valence-electron chi connectivity index (χ0n) is 16.7. The van der Waals surface area contributed by atoms with Crippen LogP contribution in [0, 0.1) is 5.82 Å². The molecule has 164 valence electrons. The first kappa shape index (κ1) is 22.0. The van der Waals surface area contributed by atoms with Crippen LogP contribution in [0.1, 0.15) is 49.4 Å². The van der Waals surface area contributed by atoms with E-state index in [0.717, 1.165) is 6.07 Å². The van der Waals surface area contributed by atoms with Gasteiger partial charge in [0.05, 0.1) is 18.8 Å². The van der Waals surface area contributed by atoms with E-state index in [0.29, 0.717) is 30.4 Å². The SMILES string of the molecule is CC(C)(C)OC(=O)N1CCc2c(nnn2Cc2ccc(F)cc2C(O)C(F)(F)F)C1. The number of hydrogen-bond donors (Lipinski definition) is 1. The molecule has 1 aromatic carbocycles. The van der Waals surface area contributed by atoms with E-state index in [4.69, 9.17) is 4.74 Å². The van der Waals surface area contributed by atoms with Gasteiger partial charge in [-0.2, -0.15) is 13.2 Å². The Balaban J connectivity index is 1.81. The summed E-state index contributed by atoms with van der Waals surface area (Å²) in [5, 5.41) is 17.6. The van der Waals surface area contributed by atoms with Crippen LogP contribution < -0.4 is 0 Å². The van der Waals surface area contributed by atoms with Crippen molar-refractivity contribution in [2.75, 3.05) is 6.54 Å². The van der Waals surface area contributed by atoms with E-state index >= 15 is 0 Å². The maximum absolute atomic E-state index is 13.5. The van der Waals surface area contributed by atoms with Gasteiger partial charge in [0, 0.05) is 13.0 Å². The first-order valence-corrected chi connectivity index (χ1v) is 9.27. The molecule has 0 saturated heterocycles. The van der Waals surface area contributed by atoms with Crippen molar-refractivity contribution in [1.82, 2.24) is 19.9 Å². The Hall–Kier alpha value is -2.69. The first-order chi connectivity index (χ1) is 13.8. The van der Waals surface area contributed by atoms with Crippen molar-refractivity contribution in [2.24, 2.45) is 0 Å². The lowest BCUT2D eigenvalue weighted by molar-refractivity contribution is -0.207. The zero-order valence-corrected chi connectivity index (χ0v) is 16.7. The maximum atomic E-state index is 13.5. The molecule has 3 rings (SSSR count). The molecule has 1 amide bonds. The van der Waals surface area contributed by atoms with Crippen molar-refractivity contribution in [3.8, 4) is 0 Å². The smallest absolute Gasteiger partial charge is 0.418 e. The van der Waals surface area contributed by atoms with Gasteiger partial charge in [-0.25, -0.2) is 13.9 Å². The molecular formula is C19H22F4N4O3. The predicted molar refractivity (Wildman–Crippen MR) is 96.9 cm³/mol. The third-order valence-corrected chi connectivity index (χ3v) is 4.56. The van der Waals surface area contributed by atoms with Gasteiger partial charge in [-0.3, -0.25) is 0 Å². The summed E-state index contributed by atoms with van der Waals surface area (Å²) >= 11 is 0. The second-order valence-corrected chi connectivity index (χ2v) is 8.08. The monoisotopic (exact) mass is 430 g/mol. The fraction of sp³-hybridized carbons (Fsp3) is 0.526. The molecule has 0 fully saturated rings. The van der Waals surface area contributed by atoms with E-state index in [9.17, 15) is 27.5 Å². The van der Waals surface area contributed by atoms with Crippen LogP contribution in [0.3, 0.4) is 0 Å². The highest BCUT2D eigenvalue weighted by Crippen LogP contribution is 2.35. The molecule has 0 aliphatic carbocycles. The molecule has 1 atom stereocenters. The van der Waals surface area contributed by atoms with Crippen LogP contribution in [0.25, 0.3) is 0 Å². The van der Waals surface area contributed by atoms with Crippen molar-refractivity contribution < 1.29 is 32.2 Å². The lowest BCUT2D eigenvalue weighted by atomic mass is 10.0. The topological polar surface area (TPSA) is 80.5 Å². The third-order valence-electron chi connectivity index (χ3n) is 4.56. The molecule has 0 radical (unpaired) electrons. The number of alkyl halides is 3. The molecule has 30 heavy (non-hydrogen) atoms. The summed E-state index contributed by atoms with van der Waals surface area (Å²) in [7, 11) is 0. The summed E-state index contributed by atoms with van der Waals surface area (Å²) in [6.07, 6.45) is -7.86. The van der Waals surface area contributed by atoms with Gasteiger partial charge in [0.25, 0.3) is 0 Å². The van der Waals surface area contributed by atoms with Gasteiger partial charge < -0.3 is 14.7 Å². The standard InChI is InChI=1S/C19H22F4N4O3/c1-18(2,3)30-17(29)26-7-6-15-14(10-26)24-25-27(15)9-11-4-5-12(20)8-13(11)16(28)19(21,22)23/h4-5,8,16,28H,6-7,9-10H2,1-3H3. The fourth-order valence-electron chi connectivity index (χ4n) is 3.18. The number of ether oxygens (including phenoxy) is 1. The number of nitrogens with zero attached hydrogens (tertiary/aromatic N) is 4. The van der Waals surface area contributed by atoms with E-state index in [1.165, 1.54) is 15.6 Å². The molecule has 2 heterocycles. The number of carbonyl (C=O) groups excluding carboxylic acids is 1. The Morgan fingerprint density at radius 3 is 2.63 bits per heavy atom. The van der Waals surface area contributed by atoms with Gasteiger partial charge in [-0.1, -0.05) is 11.3 Å². The predicted octanol–water partition coefficient (Wildman–Crippen LogP) is 3.35. The molecule has 11 heteroatoms. The number of amides is 1. The Kier molecular flexibility index (Phi) is 5.76. The Bertz CT molecular complexity index is 937. The minimum absolute atomic E-state index is 0.0727. The van der Waals surface area contributed by atoms with Crippen molar-refractivity contribution in [3.63, 3.8) is 0 Å². The van der Waals surface area contributed by atoms with Crippen LogP contribution in [-0.4, -0.2) is 49.4 Å². The molecule has 1 aliphatic heterocycles. The largest absolute Gasteiger partial charge is 0.444 e. The van der Waals surface area contributed by atoms with Crippen molar-refractivity contribution in [3.05, 3.63) is 46.5 Å². The van der Waals surface area contributed by atoms with Crippen molar-refractivity contribution in [2.45, 2.75) is 58.2 Å². The van der Waals surface area contributed by atoms with Crippen LogP contribution in [0.2, 0.25) is 0 Å². The fourth-order valence-corrected chi connectivity index (χ4v) is 3.18. The average Bonchev–Trinajstić information content (AvgIpc) is 3.02. The molecule has 1 unspecified atom stereocenters. The molecule has 2 aromatic rings. The Morgan fingerprint density at radius 1 is 1.30 bits per heavy atom. The van der Waals surface area contributed by atoms with Gasteiger partial charge in [0.2, 0.25) is 0 Å². The molecule has 1 aliphatic rings. The maximum Gasteiger partial charge on any atom is 0.418 e. The second-order valence-electron chi connectivity index (χ2n) is 8.08. The second kappa shape index (κ2) is 7.86. The Morgan fingerprint density at radius 2 is 2.00 bits per heavy atom. The highest BCUT2D eigenvalue weighted by molar-refractivity contribution is 5.68. The summed E-state index contributed by atoms with van der Waals surface area (Å²) in [6, 6.07) is 2.88. The van der Waals surface area contributed by atoms with Crippen LogP contribution in [0.15, 0.2) is 18.2 Å². The van der Waals surface area contributed by atoms with Gasteiger partial charge in [-0.05, 0) is 44.0 Å². The summed E-state index contributed by atoms with van der Waals surface area (Å²) in [4.78, 5) is 13.7. The number of carbonyl (C=O) groups is 1. The lowest BCUT2D eigenvalue weighted by Gasteiger charge is -2.29. The number of fused-ring (bicyclic) bond motifs is 1. The number of halogens is 4. The molecule has 7 nitrogen and oxygen atoms in total. The lowest BCUT2D eigenvalue weighted by Crippen LogP contribution is -2.40. The van der Waals surface area contributed by atoms with Gasteiger partial charge in [0.15, 0.2) is 6.10 Å². The van der Waals surface area contributed by atoms with Crippen molar-refractivity contribution >= 4 is 6.09 Å². The highest BCUT2D eigenvalue weighted by Gasteiger charge is 2.41. The average molecular weight is 430 g/mol. The molecule has 0 spiro atoms. The summed E-state index contributed by atoms with van der Waals surface area (Å²) in [6.45, 7) is 5.63. The number of aliphatic hydroxyl groups excluding tert-OH is 1. The normalized spacial score (nSPS) is 15.7. The van der Waals surface area contributed by atoms with Gasteiger partial charge in [-0.15, -0.1) is 5.10 Å². The summed E-state index contributed by atoms with van der Waals surface area (Å²) in [5.41, 5.74) is 0.0213. The number of rotatable bonds is 3. The zero-order chi connectivity index (χ0) is 22.3. The highest BCUT2D eigenvalue weighted by atomic mass is 19.4. The number of aliphatic hydroxyl groups is 1. The quantitative estimate of drug-likeness (QED) is 0.756. The Labute approximate surface area is 170 Å². The van der Waals surface area contributed by atoms with Crippen LogP contribution in [0.4, 0.5) is 22.4 Å². The summed E-state index contributed by atoms with van der Waals surface area (Å²) in [5.74, 6) is -0.884. The van der Waals surface area contributed by atoms with Gasteiger partial charge >= 0.3 is 12.3 Å². The molecule has 0 bridgehead atoms. The molecular weight excluding hydrogens is 408 g/mol. The van der Waals surface area contributed by atoms with E-state index in [1.54, 1.807) is 20.8 Å². The van der Waals surface area contributed by atoms with Crippen LogP contribution >= 0.6 is 0 Å². The minimum Gasteiger partial charge on any atom is -0.444 e. The van der Waals surface area contributed by atoms with E-state index in [1.807, 2.05) is 0 Å². The number of benzene rings is 1. The van der Waals surface area contributed by atoms with Crippen LogP contribution in [-0.2, 0) is 24.2 Å². The minimum atomic E-state index is -4.93. The molecule has 0 saturated carbocycles. The van der Waals surface area contributed by atoms with E-state index in [-0.39, 0.29) is 18.7 Å². The molecule has 1 N–H and O–H groups in total.